The lowest BCUT2D eigenvalue weighted by Gasteiger charge is -2.31. The van der Waals surface area contributed by atoms with Crippen LogP contribution in [-0.4, -0.2) is 34.0 Å². The number of piperidine rings is 1. The Morgan fingerprint density at radius 1 is 1.52 bits per heavy atom. The van der Waals surface area contributed by atoms with Gasteiger partial charge in [0.25, 0.3) is 5.91 Å². The van der Waals surface area contributed by atoms with E-state index in [1.807, 2.05) is 0 Å². The van der Waals surface area contributed by atoms with E-state index in [1.54, 1.807) is 17.9 Å². The van der Waals surface area contributed by atoms with Crippen LogP contribution in [0.25, 0.3) is 0 Å². The van der Waals surface area contributed by atoms with Crippen LogP contribution >= 0.6 is 34.5 Å². The molecule has 0 saturated carbocycles. The van der Waals surface area contributed by atoms with E-state index in [0.717, 1.165) is 12.8 Å². The van der Waals surface area contributed by atoms with Crippen molar-refractivity contribution < 1.29 is 9.32 Å². The largest absolute Gasteiger partial charge is 0.340 e. The Morgan fingerprint density at radius 2 is 2.33 bits per heavy atom. The van der Waals surface area contributed by atoms with Crippen molar-refractivity contribution in [3.05, 3.63) is 32.0 Å². The highest BCUT2D eigenvalue weighted by Gasteiger charge is 2.29. The van der Waals surface area contributed by atoms with Crippen molar-refractivity contribution in [3.8, 4) is 0 Å². The monoisotopic (exact) mass is 345 g/mol. The summed E-state index contributed by atoms with van der Waals surface area (Å²) < 4.78 is 5.97. The Kier molecular flexibility index (Phi) is 4.19. The SMILES string of the molecule is Cc1nc([C@H]2CCCN(C(=O)c3cc(Cl)sc3Cl)C2)no1. The molecule has 112 valence electrons. The number of thiophene rings is 1. The number of rotatable bonds is 2. The van der Waals surface area contributed by atoms with Crippen LogP contribution < -0.4 is 0 Å². The van der Waals surface area contributed by atoms with Gasteiger partial charge in [-0.05, 0) is 18.9 Å². The molecule has 21 heavy (non-hydrogen) atoms. The first kappa shape index (κ1) is 14.8. The van der Waals surface area contributed by atoms with E-state index in [0.29, 0.717) is 39.0 Å². The van der Waals surface area contributed by atoms with Gasteiger partial charge in [-0.15, -0.1) is 11.3 Å². The van der Waals surface area contributed by atoms with Crippen LogP contribution in [0.5, 0.6) is 0 Å². The second kappa shape index (κ2) is 5.94. The Labute approximate surface area is 135 Å². The zero-order chi connectivity index (χ0) is 15.0. The van der Waals surface area contributed by atoms with Crippen molar-refractivity contribution in [2.24, 2.45) is 0 Å². The van der Waals surface area contributed by atoms with Crippen LogP contribution in [-0.2, 0) is 0 Å². The van der Waals surface area contributed by atoms with Crippen molar-refractivity contribution >= 4 is 40.4 Å². The summed E-state index contributed by atoms with van der Waals surface area (Å²) in [5.74, 6) is 1.22. The molecular weight excluding hydrogens is 333 g/mol. The number of aromatic nitrogens is 2. The Morgan fingerprint density at radius 3 is 2.95 bits per heavy atom. The minimum Gasteiger partial charge on any atom is -0.340 e. The minimum absolute atomic E-state index is 0.0898. The lowest BCUT2D eigenvalue weighted by molar-refractivity contribution is 0.0704. The third-order valence-electron chi connectivity index (χ3n) is 3.50. The second-order valence-electron chi connectivity index (χ2n) is 5.00. The van der Waals surface area contributed by atoms with E-state index < -0.39 is 0 Å². The van der Waals surface area contributed by atoms with E-state index in [2.05, 4.69) is 10.1 Å². The van der Waals surface area contributed by atoms with Crippen molar-refractivity contribution in [1.82, 2.24) is 15.0 Å². The maximum Gasteiger partial charge on any atom is 0.256 e. The van der Waals surface area contributed by atoms with Gasteiger partial charge >= 0.3 is 0 Å². The predicted octanol–water partition coefficient (Wildman–Crippen LogP) is 3.77. The molecular formula is C13H13Cl2N3O2S. The molecule has 2 aromatic rings. The first-order valence-electron chi connectivity index (χ1n) is 6.59. The molecule has 0 aliphatic carbocycles. The Balaban J connectivity index is 1.77. The number of hydrogen-bond donors (Lipinski definition) is 0. The molecule has 0 unspecified atom stereocenters. The Hall–Kier alpha value is -1.11. The molecule has 0 bridgehead atoms. The molecule has 1 aliphatic heterocycles. The highest BCUT2D eigenvalue weighted by atomic mass is 35.5. The molecule has 0 N–H and O–H groups in total. The third kappa shape index (κ3) is 3.07. The third-order valence-corrected chi connectivity index (χ3v) is 4.99. The molecule has 0 spiro atoms. The minimum atomic E-state index is -0.0898. The van der Waals surface area contributed by atoms with E-state index in [-0.39, 0.29) is 11.8 Å². The van der Waals surface area contributed by atoms with Crippen LogP contribution in [0.4, 0.5) is 0 Å². The van der Waals surface area contributed by atoms with Crippen LogP contribution in [0.1, 0.15) is 40.8 Å². The molecule has 2 aromatic heterocycles. The molecule has 1 aliphatic rings. The molecule has 8 heteroatoms. The number of carbonyl (C=O) groups excluding carboxylic acids is 1. The number of carbonyl (C=O) groups is 1. The fourth-order valence-electron chi connectivity index (χ4n) is 2.51. The summed E-state index contributed by atoms with van der Waals surface area (Å²) in [7, 11) is 0. The van der Waals surface area contributed by atoms with Gasteiger partial charge in [0.1, 0.15) is 4.34 Å². The van der Waals surface area contributed by atoms with Gasteiger partial charge < -0.3 is 9.42 Å². The van der Waals surface area contributed by atoms with Gasteiger partial charge in [-0.1, -0.05) is 28.4 Å². The van der Waals surface area contributed by atoms with E-state index in [9.17, 15) is 4.79 Å². The molecule has 0 radical (unpaired) electrons. The molecule has 1 saturated heterocycles. The summed E-state index contributed by atoms with van der Waals surface area (Å²) in [6.45, 7) is 3.03. The number of nitrogens with zero attached hydrogens (tertiary/aromatic N) is 3. The lowest BCUT2D eigenvalue weighted by atomic mass is 9.97. The van der Waals surface area contributed by atoms with Gasteiger partial charge in [-0.25, -0.2) is 0 Å². The van der Waals surface area contributed by atoms with Gasteiger partial charge in [0.2, 0.25) is 5.89 Å². The maximum absolute atomic E-state index is 12.5. The van der Waals surface area contributed by atoms with Crippen molar-refractivity contribution in [1.29, 1.82) is 0 Å². The highest BCUT2D eigenvalue weighted by molar-refractivity contribution is 7.20. The van der Waals surface area contributed by atoms with Crippen LogP contribution in [0.2, 0.25) is 8.67 Å². The summed E-state index contributed by atoms with van der Waals surface area (Å²) in [5.41, 5.74) is 0.469. The molecule has 5 nitrogen and oxygen atoms in total. The van der Waals surface area contributed by atoms with Gasteiger partial charge in [0.05, 0.1) is 9.90 Å². The molecule has 3 heterocycles. The van der Waals surface area contributed by atoms with E-state index >= 15 is 0 Å². The quantitative estimate of drug-likeness (QED) is 0.831. The first-order valence-corrected chi connectivity index (χ1v) is 8.16. The number of halogens is 2. The predicted molar refractivity (Wildman–Crippen MR) is 81.3 cm³/mol. The fourth-order valence-corrected chi connectivity index (χ4v) is 3.96. The summed E-state index contributed by atoms with van der Waals surface area (Å²) >= 11 is 13.2. The van der Waals surface area contributed by atoms with Crippen LogP contribution in [0.15, 0.2) is 10.6 Å². The van der Waals surface area contributed by atoms with E-state index in [1.165, 1.54) is 11.3 Å². The van der Waals surface area contributed by atoms with Crippen LogP contribution in [0, 0.1) is 6.92 Å². The average molecular weight is 346 g/mol. The smallest absolute Gasteiger partial charge is 0.256 e. The van der Waals surface area contributed by atoms with Crippen molar-refractivity contribution in [2.75, 3.05) is 13.1 Å². The fraction of sp³-hybridized carbons (Fsp3) is 0.462. The zero-order valence-corrected chi connectivity index (χ0v) is 13.6. The maximum atomic E-state index is 12.5. The standard InChI is InChI=1S/C13H13Cl2N3O2S/c1-7-16-12(17-20-7)8-3-2-4-18(6-8)13(19)9-5-10(14)21-11(9)15/h5,8H,2-4,6H2,1H3/t8-/m0/s1. The average Bonchev–Trinajstić information content (AvgIpc) is 3.04. The number of hydrogen-bond acceptors (Lipinski definition) is 5. The van der Waals surface area contributed by atoms with Crippen LogP contribution in [0.3, 0.4) is 0 Å². The molecule has 0 aromatic carbocycles. The first-order chi connectivity index (χ1) is 10.0. The summed E-state index contributed by atoms with van der Waals surface area (Å²) in [6, 6.07) is 1.62. The lowest BCUT2D eigenvalue weighted by Crippen LogP contribution is -2.39. The highest BCUT2D eigenvalue weighted by Crippen LogP contribution is 2.33. The Bertz CT molecular complexity index is 670. The summed E-state index contributed by atoms with van der Waals surface area (Å²) in [6.07, 6.45) is 1.85. The molecule has 3 rings (SSSR count). The van der Waals surface area contributed by atoms with Crippen molar-refractivity contribution in [3.63, 3.8) is 0 Å². The van der Waals surface area contributed by atoms with E-state index in [4.69, 9.17) is 27.7 Å². The van der Waals surface area contributed by atoms with Gasteiger partial charge in [-0.3, -0.25) is 4.79 Å². The summed E-state index contributed by atoms with van der Waals surface area (Å²) in [4.78, 5) is 18.6. The molecule has 1 fully saturated rings. The van der Waals surface area contributed by atoms with Gasteiger partial charge in [0, 0.05) is 25.9 Å². The van der Waals surface area contributed by atoms with Gasteiger partial charge in [0.15, 0.2) is 5.82 Å². The topological polar surface area (TPSA) is 59.2 Å². The number of amides is 1. The molecule has 1 atom stereocenters. The van der Waals surface area contributed by atoms with Crippen molar-refractivity contribution in [2.45, 2.75) is 25.7 Å². The van der Waals surface area contributed by atoms with Gasteiger partial charge in [-0.2, -0.15) is 4.98 Å². The summed E-state index contributed by atoms with van der Waals surface area (Å²) in [5, 5.41) is 3.96. The number of likely N-dealkylation sites (tertiary alicyclic amines) is 1. The zero-order valence-electron chi connectivity index (χ0n) is 11.3. The number of aryl methyl sites for hydroxylation is 1. The molecule has 1 amide bonds. The second-order valence-corrected chi connectivity index (χ2v) is 7.29. The normalized spacial score (nSPS) is 19.0.